The van der Waals surface area contributed by atoms with Crippen LogP contribution in [0, 0.1) is 0 Å². The van der Waals surface area contributed by atoms with Gasteiger partial charge in [0.05, 0.1) is 10.9 Å². The number of benzene rings is 2. The first-order valence-electron chi connectivity index (χ1n) is 8.14. The van der Waals surface area contributed by atoms with Gasteiger partial charge in [-0.2, -0.15) is 4.72 Å². The van der Waals surface area contributed by atoms with Crippen molar-refractivity contribution in [2.45, 2.75) is 30.6 Å². The zero-order chi connectivity index (χ0) is 21.1. The molecule has 0 bridgehead atoms. The largest absolute Gasteiger partial charge is 0.347 e. The number of nitrogens with one attached hydrogen (secondary N) is 2. The van der Waals surface area contributed by atoms with Crippen LogP contribution in [0.5, 0.6) is 0 Å². The highest BCUT2D eigenvalue weighted by atomic mass is 35.5. The van der Waals surface area contributed by atoms with Crippen LogP contribution in [0.15, 0.2) is 53.4 Å². The lowest BCUT2D eigenvalue weighted by molar-refractivity contribution is -0.122. The van der Waals surface area contributed by atoms with Crippen LogP contribution < -0.4 is 10.0 Å². The molecule has 152 valence electrons. The zero-order valence-corrected chi connectivity index (χ0v) is 17.5. The van der Waals surface area contributed by atoms with Crippen LogP contribution in [0.25, 0.3) is 11.1 Å². The number of amides is 1. The predicted octanol–water partition coefficient (Wildman–Crippen LogP) is 2.31. The first-order valence-corrected chi connectivity index (χ1v) is 11.7. The SMILES string of the molecule is CC(NS(=O)(=O)c1ccc(-c2ccc(Cl)cc2)cc1)C(=O)NC(C)P(=O)(O)O. The van der Waals surface area contributed by atoms with Crippen molar-refractivity contribution in [2.24, 2.45) is 0 Å². The number of hydrogen-bond acceptors (Lipinski definition) is 4. The van der Waals surface area contributed by atoms with E-state index < -0.39 is 35.4 Å². The van der Waals surface area contributed by atoms with Crippen LogP contribution in [-0.4, -0.2) is 35.9 Å². The molecular weight excluding hydrogens is 427 g/mol. The molecule has 0 spiro atoms. The zero-order valence-electron chi connectivity index (χ0n) is 15.0. The highest BCUT2D eigenvalue weighted by molar-refractivity contribution is 7.89. The highest BCUT2D eigenvalue weighted by Crippen LogP contribution is 2.39. The van der Waals surface area contributed by atoms with E-state index in [0.29, 0.717) is 5.02 Å². The third-order valence-corrected chi connectivity index (χ3v) is 6.87. The molecule has 0 aliphatic heterocycles. The van der Waals surface area contributed by atoms with Crippen molar-refractivity contribution in [3.8, 4) is 11.1 Å². The van der Waals surface area contributed by atoms with Crippen LogP contribution >= 0.6 is 19.2 Å². The predicted molar refractivity (Wildman–Crippen MR) is 106 cm³/mol. The number of rotatable bonds is 7. The molecule has 0 aliphatic rings. The van der Waals surface area contributed by atoms with Gasteiger partial charge in [-0.25, -0.2) is 8.42 Å². The Morgan fingerprint density at radius 2 is 1.46 bits per heavy atom. The van der Waals surface area contributed by atoms with E-state index in [4.69, 9.17) is 21.4 Å². The molecule has 4 N–H and O–H groups in total. The van der Waals surface area contributed by atoms with E-state index in [-0.39, 0.29) is 4.90 Å². The molecule has 8 nitrogen and oxygen atoms in total. The van der Waals surface area contributed by atoms with Gasteiger partial charge in [-0.3, -0.25) is 9.36 Å². The molecule has 0 saturated carbocycles. The second kappa shape index (κ2) is 8.73. The van der Waals surface area contributed by atoms with E-state index in [1.165, 1.54) is 19.1 Å². The summed E-state index contributed by atoms with van der Waals surface area (Å²) in [7, 11) is -8.52. The number of carbonyl (C=O) groups is 1. The van der Waals surface area contributed by atoms with Crippen molar-refractivity contribution in [3.05, 3.63) is 53.6 Å². The molecule has 2 atom stereocenters. The summed E-state index contributed by atoms with van der Waals surface area (Å²) in [5.74, 6) is -2.28. The fourth-order valence-corrected chi connectivity index (χ4v) is 3.86. The minimum atomic E-state index is -4.52. The molecule has 0 radical (unpaired) electrons. The molecule has 11 heteroatoms. The molecule has 2 rings (SSSR count). The van der Waals surface area contributed by atoms with Crippen LogP contribution in [0.3, 0.4) is 0 Å². The topological polar surface area (TPSA) is 133 Å². The molecule has 28 heavy (non-hydrogen) atoms. The summed E-state index contributed by atoms with van der Waals surface area (Å²) in [4.78, 5) is 30.0. The summed E-state index contributed by atoms with van der Waals surface area (Å²) >= 11 is 5.85. The summed E-state index contributed by atoms with van der Waals surface area (Å²) in [5, 5.41) is 2.68. The number of sulfonamides is 1. The van der Waals surface area contributed by atoms with E-state index in [1.54, 1.807) is 36.4 Å². The summed E-state index contributed by atoms with van der Waals surface area (Å²) in [5.41, 5.74) is 1.65. The van der Waals surface area contributed by atoms with Crippen LogP contribution in [0.1, 0.15) is 13.8 Å². The van der Waals surface area contributed by atoms with Gasteiger partial charge >= 0.3 is 7.60 Å². The van der Waals surface area contributed by atoms with Gasteiger partial charge in [-0.15, -0.1) is 0 Å². The summed E-state index contributed by atoms with van der Waals surface area (Å²) < 4.78 is 38.2. The van der Waals surface area contributed by atoms with E-state index in [1.807, 2.05) is 0 Å². The van der Waals surface area contributed by atoms with Gasteiger partial charge < -0.3 is 15.1 Å². The number of carbonyl (C=O) groups excluding carboxylic acids is 1. The van der Waals surface area contributed by atoms with E-state index >= 15 is 0 Å². The first kappa shape index (κ1) is 22.5. The Bertz CT molecular complexity index is 989. The van der Waals surface area contributed by atoms with Crippen LogP contribution in [0.4, 0.5) is 0 Å². The fraction of sp³-hybridized carbons (Fsp3) is 0.235. The molecule has 0 aliphatic carbocycles. The average Bonchev–Trinajstić information content (AvgIpc) is 2.61. The lowest BCUT2D eigenvalue weighted by Gasteiger charge is -2.19. The van der Waals surface area contributed by atoms with Gasteiger partial charge in [0, 0.05) is 5.02 Å². The van der Waals surface area contributed by atoms with Gasteiger partial charge in [0.25, 0.3) is 0 Å². The molecule has 0 saturated heterocycles. The molecule has 1 amide bonds. The average molecular weight is 447 g/mol. The summed E-state index contributed by atoms with van der Waals surface area (Å²) in [6.45, 7) is 2.41. The second-order valence-electron chi connectivity index (χ2n) is 6.15. The van der Waals surface area contributed by atoms with Crippen molar-refractivity contribution < 1.29 is 27.6 Å². The molecule has 2 aromatic carbocycles. The Morgan fingerprint density at radius 1 is 1.00 bits per heavy atom. The fourth-order valence-electron chi connectivity index (χ4n) is 2.24. The Labute approximate surface area is 168 Å². The number of halogens is 1. The van der Waals surface area contributed by atoms with Gasteiger partial charge in [-0.1, -0.05) is 35.9 Å². The van der Waals surface area contributed by atoms with Crippen molar-refractivity contribution >= 4 is 35.1 Å². The second-order valence-corrected chi connectivity index (χ2v) is 10.3. The maximum absolute atomic E-state index is 12.5. The van der Waals surface area contributed by atoms with E-state index in [2.05, 4.69) is 10.0 Å². The van der Waals surface area contributed by atoms with Gasteiger partial charge in [0.15, 0.2) is 0 Å². The normalized spacial score (nSPS) is 14.3. The lowest BCUT2D eigenvalue weighted by atomic mass is 10.1. The van der Waals surface area contributed by atoms with Crippen LogP contribution in [0.2, 0.25) is 5.02 Å². The third kappa shape index (κ3) is 5.88. The Balaban J connectivity index is 2.10. The minimum absolute atomic E-state index is 0.0482. The van der Waals surface area contributed by atoms with Crippen molar-refractivity contribution in [2.75, 3.05) is 0 Å². The Kier molecular flexibility index (Phi) is 7.03. The van der Waals surface area contributed by atoms with Crippen molar-refractivity contribution in [1.82, 2.24) is 10.0 Å². The molecule has 0 aromatic heterocycles. The minimum Gasteiger partial charge on any atom is -0.341 e. The molecule has 0 fully saturated rings. The van der Waals surface area contributed by atoms with Crippen LogP contribution in [-0.2, 0) is 19.4 Å². The Morgan fingerprint density at radius 3 is 1.93 bits per heavy atom. The van der Waals surface area contributed by atoms with Crippen molar-refractivity contribution in [3.63, 3.8) is 0 Å². The quantitative estimate of drug-likeness (QED) is 0.482. The van der Waals surface area contributed by atoms with Crippen molar-refractivity contribution in [1.29, 1.82) is 0 Å². The monoisotopic (exact) mass is 446 g/mol. The standard InChI is InChI=1S/C17H20ClN2O6PS/c1-11(17(21)19-12(2)27(22,23)24)20-28(25,26)16-9-5-14(6-10-16)13-3-7-15(18)8-4-13/h3-12,20H,1-2H3,(H,19,21)(H2,22,23,24). The maximum Gasteiger partial charge on any atom is 0.347 e. The summed E-state index contributed by atoms with van der Waals surface area (Å²) in [6, 6.07) is 11.9. The first-order chi connectivity index (χ1) is 12.9. The van der Waals surface area contributed by atoms with Gasteiger partial charge in [0.1, 0.15) is 5.78 Å². The van der Waals surface area contributed by atoms with Gasteiger partial charge in [-0.05, 0) is 49.2 Å². The smallest absolute Gasteiger partial charge is 0.341 e. The van der Waals surface area contributed by atoms with E-state index in [9.17, 15) is 17.8 Å². The lowest BCUT2D eigenvalue weighted by Crippen LogP contribution is -2.47. The Hall–Kier alpha value is -1.74. The number of hydrogen-bond donors (Lipinski definition) is 4. The maximum atomic E-state index is 12.5. The summed E-state index contributed by atoms with van der Waals surface area (Å²) in [6.07, 6.45) is 0. The molecule has 2 aromatic rings. The van der Waals surface area contributed by atoms with E-state index in [0.717, 1.165) is 18.1 Å². The molecular formula is C17H20ClN2O6PS. The highest BCUT2D eigenvalue weighted by Gasteiger charge is 2.29. The molecule has 0 heterocycles. The molecule has 2 unspecified atom stereocenters. The third-order valence-electron chi connectivity index (χ3n) is 3.92. The van der Waals surface area contributed by atoms with Gasteiger partial charge in [0.2, 0.25) is 15.9 Å².